The lowest BCUT2D eigenvalue weighted by atomic mass is 9.77. The maximum absolute atomic E-state index is 13.9. The smallest absolute Gasteiger partial charge is 0.342 e. The summed E-state index contributed by atoms with van der Waals surface area (Å²) in [6.45, 7) is 0. The summed E-state index contributed by atoms with van der Waals surface area (Å²) in [4.78, 5) is 16.0. The molecule has 0 saturated heterocycles. The summed E-state index contributed by atoms with van der Waals surface area (Å²) >= 11 is 0. The Morgan fingerprint density at radius 3 is 1.61 bits per heavy atom. The van der Waals surface area contributed by atoms with Gasteiger partial charge in [0.25, 0.3) is 0 Å². The molecule has 4 heteroatoms. The Bertz CT molecular complexity index is 1530. The molecule has 0 saturated carbocycles. The predicted octanol–water partition coefficient (Wildman–Crippen LogP) is 7.72. The quantitative estimate of drug-likeness (QED) is 0.255. The van der Waals surface area contributed by atoms with E-state index < -0.39 is 5.60 Å². The molecule has 0 radical (unpaired) electrons. The maximum Gasteiger partial charge on any atom is 0.342 e. The first kappa shape index (κ1) is 20.5. The summed E-state index contributed by atoms with van der Waals surface area (Å²) in [6, 6.07) is 41.7. The molecular weight excluding hydrogens is 446 g/mol. The number of nitrogens with zero attached hydrogens (tertiary/aromatic N) is 1. The highest BCUT2D eigenvalue weighted by Gasteiger charge is 2.54. The molecule has 172 valence electrons. The number of anilines is 3. The molecule has 4 nitrogen and oxygen atoms in total. The molecular formula is C32H21NO3. The number of para-hydroxylation sites is 4. The van der Waals surface area contributed by atoms with Crippen molar-refractivity contribution >= 4 is 23.0 Å². The van der Waals surface area contributed by atoms with E-state index >= 15 is 0 Å². The van der Waals surface area contributed by atoms with E-state index in [1.165, 1.54) is 0 Å². The Morgan fingerprint density at radius 1 is 0.528 bits per heavy atom. The number of ether oxygens (including phenoxy) is 2. The Balaban J connectivity index is 1.53. The zero-order valence-corrected chi connectivity index (χ0v) is 19.3. The van der Waals surface area contributed by atoms with Gasteiger partial charge in [-0.15, -0.1) is 0 Å². The number of esters is 1. The molecule has 0 bridgehead atoms. The molecule has 0 N–H and O–H groups in total. The first-order chi connectivity index (χ1) is 17.8. The van der Waals surface area contributed by atoms with Crippen LogP contribution in [0.5, 0.6) is 11.5 Å². The highest BCUT2D eigenvalue weighted by atomic mass is 16.6. The third-order valence-electron chi connectivity index (χ3n) is 6.89. The van der Waals surface area contributed by atoms with Gasteiger partial charge in [-0.1, -0.05) is 84.9 Å². The van der Waals surface area contributed by atoms with Gasteiger partial charge in [0, 0.05) is 28.1 Å². The highest BCUT2D eigenvalue weighted by Crippen LogP contribution is 2.57. The molecule has 36 heavy (non-hydrogen) atoms. The van der Waals surface area contributed by atoms with Gasteiger partial charge in [-0.3, -0.25) is 0 Å². The molecule has 0 atom stereocenters. The molecule has 0 aliphatic carbocycles. The molecule has 5 aromatic carbocycles. The number of hydrogen-bond acceptors (Lipinski definition) is 4. The monoisotopic (exact) mass is 467 g/mol. The van der Waals surface area contributed by atoms with Crippen LogP contribution in [-0.4, -0.2) is 5.97 Å². The van der Waals surface area contributed by atoms with E-state index in [2.05, 4.69) is 4.90 Å². The molecule has 5 aromatic rings. The molecule has 2 heterocycles. The minimum Gasteiger partial charge on any atom is -0.456 e. The normalized spacial score (nSPS) is 14.3. The summed E-state index contributed by atoms with van der Waals surface area (Å²) in [5.41, 5.74) is 4.59. The molecule has 7 rings (SSSR count). The van der Waals surface area contributed by atoms with Gasteiger partial charge in [-0.2, -0.15) is 0 Å². The predicted molar refractivity (Wildman–Crippen MR) is 139 cm³/mol. The lowest BCUT2D eigenvalue weighted by Crippen LogP contribution is -2.32. The van der Waals surface area contributed by atoms with E-state index in [4.69, 9.17) is 9.47 Å². The molecule has 0 unspecified atom stereocenters. The maximum atomic E-state index is 13.9. The van der Waals surface area contributed by atoms with Crippen LogP contribution >= 0.6 is 0 Å². The van der Waals surface area contributed by atoms with Crippen LogP contribution in [0.25, 0.3) is 0 Å². The fourth-order valence-electron chi connectivity index (χ4n) is 5.42. The molecule has 2 aliphatic rings. The SMILES string of the molecule is O=C1OC2(c3ccccc3Oc3ccccc32)c2cccc(N(c3ccccc3)c3ccccc3)c21. The van der Waals surface area contributed by atoms with Crippen molar-refractivity contribution in [2.75, 3.05) is 4.90 Å². The molecule has 0 fully saturated rings. The largest absolute Gasteiger partial charge is 0.456 e. The van der Waals surface area contributed by atoms with Crippen LogP contribution in [0.4, 0.5) is 17.1 Å². The van der Waals surface area contributed by atoms with Crippen molar-refractivity contribution in [1.29, 1.82) is 0 Å². The van der Waals surface area contributed by atoms with E-state index in [0.717, 1.165) is 33.8 Å². The van der Waals surface area contributed by atoms with Gasteiger partial charge in [-0.05, 0) is 42.5 Å². The molecule has 0 aromatic heterocycles. The van der Waals surface area contributed by atoms with E-state index in [1.54, 1.807) is 0 Å². The van der Waals surface area contributed by atoms with Gasteiger partial charge >= 0.3 is 5.97 Å². The van der Waals surface area contributed by atoms with Crippen molar-refractivity contribution in [3.05, 3.63) is 150 Å². The van der Waals surface area contributed by atoms with Crippen LogP contribution in [0.2, 0.25) is 0 Å². The van der Waals surface area contributed by atoms with E-state index in [9.17, 15) is 4.79 Å². The zero-order valence-electron chi connectivity index (χ0n) is 19.3. The van der Waals surface area contributed by atoms with Crippen molar-refractivity contribution in [2.24, 2.45) is 0 Å². The summed E-state index contributed by atoms with van der Waals surface area (Å²) in [5, 5.41) is 0. The number of benzene rings is 5. The average Bonchev–Trinajstić information content (AvgIpc) is 3.24. The standard InChI is InChI=1S/C32H21NO3/c34-31-30-26(32(36-31)24-16-7-9-20-28(24)35-29-21-10-8-17-25(29)32)18-11-19-27(30)33(22-12-3-1-4-13-22)23-14-5-2-6-15-23/h1-21H. The van der Waals surface area contributed by atoms with E-state index in [-0.39, 0.29) is 5.97 Å². The molecule has 2 aliphatic heterocycles. The van der Waals surface area contributed by atoms with Crippen molar-refractivity contribution in [3.8, 4) is 11.5 Å². The van der Waals surface area contributed by atoms with Crippen LogP contribution in [-0.2, 0) is 10.3 Å². The van der Waals surface area contributed by atoms with Crippen LogP contribution in [0.3, 0.4) is 0 Å². The number of carbonyl (C=O) groups is 1. The minimum absolute atomic E-state index is 0.357. The Labute approximate surface area is 209 Å². The third-order valence-corrected chi connectivity index (χ3v) is 6.89. The summed E-state index contributed by atoms with van der Waals surface area (Å²) < 4.78 is 12.7. The topological polar surface area (TPSA) is 38.8 Å². The highest BCUT2D eigenvalue weighted by molar-refractivity contribution is 6.04. The fraction of sp³-hybridized carbons (Fsp3) is 0.0312. The van der Waals surface area contributed by atoms with Crippen molar-refractivity contribution in [3.63, 3.8) is 0 Å². The summed E-state index contributed by atoms with van der Waals surface area (Å²) in [6.07, 6.45) is 0. The van der Waals surface area contributed by atoms with Crippen molar-refractivity contribution < 1.29 is 14.3 Å². The Morgan fingerprint density at radius 2 is 1.03 bits per heavy atom. The second-order valence-electron chi connectivity index (χ2n) is 8.87. The van der Waals surface area contributed by atoms with Gasteiger partial charge in [0.1, 0.15) is 11.5 Å². The van der Waals surface area contributed by atoms with Crippen LogP contribution in [0.15, 0.2) is 127 Å². The molecule has 1 spiro atoms. The lowest BCUT2D eigenvalue weighted by molar-refractivity contribution is 0.0225. The van der Waals surface area contributed by atoms with Gasteiger partial charge in [0.2, 0.25) is 0 Å². The third kappa shape index (κ3) is 2.85. The van der Waals surface area contributed by atoms with Crippen molar-refractivity contribution in [2.45, 2.75) is 5.60 Å². The van der Waals surface area contributed by atoms with Crippen LogP contribution in [0.1, 0.15) is 27.0 Å². The fourth-order valence-corrected chi connectivity index (χ4v) is 5.42. The summed E-state index contributed by atoms with van der Waals surface area (Å²) in [7, 11) is 0. The second kappa shape index (κ2) is 7.85. The van der Waals surface area contributed by atoms with Crippen LogP contribution in [0, 0.1) is 0 Å². The molecule has 0 amide bonds. The van der Waals surface area contributed by atoms with Gasteiger partial charge in [0.15, 0.2) is 5.60 Å². The van der Waals surface area contributed by atoms with Gasteiger partial charge in [-0.25, -0.2) is 4.79 Å². The summed E-state index contributed by atoms with van der Waals surface area (Å²) in [5.74, 6) is 1.01. The van der Waals surface area contributed by atoms with Crippen molar-refractivity contribution in [1.82, 2.24) is 0 Å². The first-order valence-corrected chi connectivity index (χ1v) is 11.9. The zero-order chi connectivity index (χ0) is 24.1. The van der Waals surface area contributed by atoms with Gasteiger partial charge < -0.3 is 14.4 Å². The van der Waals surface area contributed by atoms with E-state index in [0.29, 0.717) is 17.1 Å². The average molecular weight is 468 g/mol. The number of carbonyl (C=O) groups excluding carboxylic acids is 1. The minimum atomic E-state index is -1.09. The Hall–Kier alpha value is -4.83. The number of fused-ring (bicyclic) bond motifs is 6. The lowest BCUT2D eigenvalue weighted by Gasteiger charge is -2.36. The first-order valence-electron chi connectivity index (χ1n) is 11.9. The Kier molecular flexibility index (Phi) is 4.48. The van der Waals surface area contributed by atoms with Crippen LogP contribution < -0.4 is 9.64 Å². The number of hydrogen-bond donors (Lipinski definition) is 0. The van der Waals surface area contributed by atoms with Gasteiger partial charge in [0.05, 0.1) is 11.3 Å². The number of rotatable bonds is 3. The second-order valence-corrected chi connectivity index (χ2v) is 8.87. The van der Waals surface area contributed by atoms with E-state index in [1.807, 2.05) is 127 Å².